The highest BCUT2D eigenvalue weighted by atomic mass is 35.5. The van der Waals surface area contributed by atoms with Crippen molar-refractivity contribution >= 4 is 28.5 Å². The van der Waals surface area contributed by atoms with Crippen LogP contribution in [0.3, 0.4) is 0 Å². The summed E-state index contributed by atoms with van der Waals surface area (Å²) in [5, 5.41) is 30.0. The van der Waals surface area contributed by atoms with Crippen molar-refractivity contribution in [2.24, 2.45) is 0 Å². The standard InChI is InChI=1S/C18H19ClN4O4/c1-18(19)14(25)12(8-24)27-17(18)23-7-11(10-5-3-2-4-6-10)13-15(22-26)20-9-21-16(13)23/h2-7,9,12,14,17,24-26H,8H2,1H3,(H,20,21,22)/t12?,14?,17-,18-/m1/s1. The highest BCUT2D eigenvalue weighted by Crippen LogP contribution is 2.46. The number of nitrogens with one attached hydrogen (secondary N) is 1. The Morgan fingerprint density at radius 2 is 2.04 bits per heavy atom. The Labute approximate surface area is 160 Å². The molecule has 4 atom stereocenters. The zero-order valence-corrected chi connectivity index (χ0v) is 15.2. The van der Waals surface area contributed by atoms with Crippen LogP contribution < -0.4 is 5.48 Å². The molecule has 3 heterocycles. The molecule has 142 valence electrons. The lowest BCUT2D eigenvalue weighted by atomic mass is 10.0. The van der Waals surface area contributed by atoms with E-state index in [1.165, 1.54) is 6.33 Å². The van der Waals surface area contributed by atoms with Gasteiger partial charge >= 0.3 is 0 Å². The SMILES string of the molecule is C[C@@]1(Cl)C(O)C(CO)O[C@H]1n1cc(-c2ccccc2)c2c(NO)ncnc21. The number of rotatable bonds is 4. The summed E-state index contributed by atoms with van der Waals surface area (Å²) in [6.45, 7) is 1.29. The summed E-state index contributed by atoms with van der Waals surface area (Å²) < 4.78 is 7.54. The molecule has 0 amide bonds. The van der Waals surface area contributed by atoms with Crippen LogP contribution in [0.4, 0.5) is 5.82 Å². The smallest absolute Gasteiger partial charge is 0.163 e. The van der Waals surface area contributed by atoms with E-state index in [-0.39, 0.29) is 12.4 Å². The summed E-state index contributed by atoms with van der Waals surface area (Å²) in [5.41, 5.74) is 4.24. The van der Waals surface area contributed by atoms with Gasteiger partial charge < -0.3 is 19.5 Å². The molecule has 1 fully saturated rings. The summed E-state index contributed by atoms with van der Waals surface area (Å²) in [6.07, 6.45) is 0.448. The van der Waals surface area contributed by atoms with E-state index in [9.17, 15) is 15.4 Å². The number of halogens is 1. The lowest BCUT2D eigenvalue weighted by Gasteiger charge is -2.26. The van der Waals surface area contributed by atoms with Crippen LogP contribution in [0.1, 0.15) is 13.2 Å². The maximum absolute atomic E-state index is 10.4. The van der Waals surface area contributed by atoms with Crippen LogP contribution in [-0.4, -0.2) is 53.6 Å². The van der Waals surface area contributed by atoms with Gasteiger partial charge in [0.2, 0.25) is 0 Å². The Kier molecular flexibility index (Phi) is 4.53. The van der Waals surface area contributed by atoms with Gasteiger partial charge in [0.1, 0.15) is 29.1 Å². The van der Waals surface area contributed by atoms with Gasteiger partial charge in [0.25, 0.3) is 0 Å². The molecule has 1 saturated heterocycles. The van der Waals surface area contributed by atoms with E-state index in [4.69, 9.17) is 16.3 Å². The molecular formula is C18H19ClN4O4. The van der Waals surface area contributed by atoms with Crippen LogP contribution in [0, 0.1) is 0 Å². The third-order valence-electron chi connectivity index (χ3n) is 4.95. The molecule has 8 nitrogen and oxygen atoms in total. The van der Waals surface area contributed by atoms with E-state index in [0.717, 1.165) is 11.1 Å². The minimum atomic E-state index is -1.19. The van der Waals surface area contributed by atoms with Crippen LogP contribution in [-0.2, 0) is 4.74 Å². The minimum Gasteiger partial charge on any atom is -0.394 e. The largest absolute Gasteiger partial charge is 0.394 e. The predicted octanol–water partition coefficient (Wildman–Crippen LogP) is 2.15. The van der Waals surface area contributed by atoms with E-state index in [0.29, 0.717) is 11.0 Å². The first-order valence-corrected chi connectivity index (χ1v) is 8.81. The zero-order chi connectivity index (χ0) is 19.2. The van der Waals surface area contributed by atoms with Gasteiger partial charge in [-0.15, -0.1) is 11.6 Å². The number of hydrogen-bond acceptors (Lipinski definition) is 7. The summed E-state index contributed by atoms with van der Waals surface area (Å²) in [4.78, 5) is 7.24. The summed E-state index contributed by atoms with van der Waals surface area (Å²) >= 11 is 6.61. The highest BCUT2D eigenvalue weighted by molar-refractivity contribution is 6.24. The Hall–Kier alpha value is -2.23. The van der Waals surface area contributed by atoms with Crippen molar-refractivity contribution in [2.75, 3.05) is 12.1 Å². The molecule has 1 aromatic carbocycles. The second-order valence-electron chi connectivity index (χ2n) is 6.65. The van der Waals surface area contributed by atoms with E-state index in [1.54, 1.807) is 17.7 Å². The Balaban J connectivity index is 1.95. The molecule has 4 N–H and O–H groups in total. The molecule has 0 radical (unpaired) electrons. The number of aliphatic hydroxyl groups is 2. The lowest BCUT2D eigenvalue weighted by Crippen LogP contribution is -2.39. The molecule has 2 aromatic heterocycles. The number of alkyl halides is 1. The molecule has 3 aromatic rings. The van der Waals surface area contributed by atoms with Crippen molar-refractivity contribution in [3.63, 3.8) is 0 Å². The van der Waals surface area contributed by atoms with Gasteiger partial charge in [0, 0.05) is 11.8 Å². The van der Waals surface area contributed by atoms with Gasteiger partial charge in [0.05, 0.1) is 12.0 Å². The van der Waals surface area contributed by atoms with Gasteiger partial charge in [-0.3, -0.25) is 10.7 Å². The number of anilines is 1. The number of benzene rings is 1. The second kappa shape index (κ2) is 6.74. The van der Waals surface area contributed by atoms with Gasteiger partial charge in [0.15, 0.2) is 12.0 Å². The molecule has 27 heavy (non-hydrogen) atoms. The predicted molar refractivity (Wildman–Crippen MR) is 99.6 cm³/mol. The fraction of sp³-hybridized carbons (Fsp3) is 0.333. The Morgan fingerprint density at radius 1 is 1.30 bits per heavy atom. The third kappa shape index (κ3) is 2.77. The molecule has 0 saturated carbocycles. The topological polar surface area (TPSA) is 113 Å². The number of aromatic nitrogens is 3. The van der Waals surface area contributed by atoms with Crippen LogP contribution in [0.5, 0.6) is 0 Å². The fourth-order valence-electron chi connectivity index (χ4n) is 3.55. The van der Waals surface area contributed by atoms with E-state index < -0.39 is 23.3 Å². The minimum absolute atomic E-state index is 0.242. The number of nitrogens with zero attached hydrogens (tertiary/aromatic N) is 3. The molecule has 0 spiro atoms. The number of ether oxygens (including phenoxy) is 1. The summed E-state index contributed by atoms with van der Waals surface area (Å²) in [5.74, 6) is 0.242. The van der Waals surface area contributed by atoms with Crippen LogP contribution in [0.25, 0.3) is 22.2 Å². The lowest BCUT2D eigenvalue weighted by molar-refractivity contribution is -0.0439. The van der Waals surface area contributed by atoms with Crippen molar-refractivity contribution in [1.82, 2.24) is 14.5 Å². The van der Waals surface area contributed by atoms with Crippen LogP contribution in [0.15, 0.2) is 42.9 Å². The van der Waals surface area contributed by atoms with Gasteiger partial charge in [-0.05, 0) is 12.5 Å². The molecule has 2 unspecified atom stereocenters. The van der Waals surface area contributed by atoms with Crippen LogP contribution >= 0.6 is 11.6 Å². The second-order valence-corrected chi connectivity index (χ2v) is 7.47. The summed E-state index contributed by atoms with van der Waals surface area (Å²) in [7, 11) is 0. The molecule has 9 heteroatoms. The van der Waals surface area contributed by atoms with Crippen molar-refractivity contribution in [3.05, 3.63) is 42.9 Å². The first-order chi connectivity index (χ1) is 13.0. The molecule has 1 aliphatic heterocycles. The average molecular weight is 391 g/mol. The zero-order valence-electron chi connectivity index (χ0n) is 14.5. The van der Waals surface area contributed by atoms with Crippen molar-refractivity contribution in [2.45, 2.75) is 30.2 Å². The highest BCUT2D eigenvalue weighted by Gasteiger charge is 2.53. The van der Waals surface area contributed by atoms with Crippen LogP contribution in [0.2, 0.25) is 0 Å². The van der Waals surface area contributed by atoms with E-state index in [1.807, 2.05) is 30.3 Å². The van der Waals surface area contributed by atoms with E-state index >= 15 is 0 Å². The van der Waals surface area contributed by atoms with Crippen molar-refractivity contribution in [3.8, 4) is 11.1 Å². The maximum atomic E-state index is 10.4. The monoisotopic (exact) mass is 390 g/mol. The molecule has 4 rings (SSSR count). The molecule has 1 aliphatic rings. The van der Waals surface area contributed by atoms with E-state index in [2.05, 4.69) is 15.4 Å². The van der Waals surface area contributed by atoms with Gasteiger partial charge in [-0.25, -0.2) is 9.97 Å². The molecule has 0 aliphatic carbocycles. The fourth-order valence-corrected chi connectivity index (χ4v) is 3.85. The number of fused-ring (bicyclic) bond motifs is 1. The maximum Gasteiger partial charge on any atom is 0.163 e. The quantitative estimate of drug-likeness (QED) is 0.399. The number of hydrogen-bond donors (Lipinski definition) is 4. The number of aliphatic hydroxyl groups excluding tert-OH is 2. The van der Waals surface area contributed by atoms with Crippen molar-refractivity contribution < 1.29 is 20.2 Å². The normalized spacial score (nSPS) is 28.0. The van der Waals surface area contributed by atoms with Crippen molar-refractivity contribution in [1.29, 1.82) is 0 Å². The average Bonchev–Trinajstić information content (AvgIpc) is 3.18. The first-order valence-electron chi connectivity index (χ1n) is 8.43. The molecule has 0 bridgehead atoms. The Morgan fingerprint density at radius 3 is 2.67 bits per heavy atom. The van der Waals surface area contributed by atoms with Gasteiger partial charge in [-0.1, -0.05) is 30.3 Å². The summed E-state index contributed by atoms with van der Waals surface area (Å²) in [6, 6.07) is 9.56. The third-order valence-corrected chi connectivity index (χ3v) is 5.36. The molecular weight excluding hydrogens is 372 g/mol. The Bertz CT molecular complexity index is 963. The first kappa shape index (κ1) is 18.1. The van der Waals surface area contributed by atoms with Gasteiger partial charge in [-0.2, -0.15) is 0 Å².